The molecule has 110 valence electrons. The van der Waals surface area contributed by atoms with Gasteiger partial charge in [0.15, 0.2) is 11.6 Å². The van der Waals surface area contributed by atoms with E-state index in [9.17, 15) is 9.18 Å². The number of para-hydroxylation sites is 1. The van der Waals surface area contributed by atoms with Crippen LogP contribution in [0.5, 0.6) is 0 Å². The molecule has 0 atom stereocenters. The SMILES string of the molecule is CCNc1nccc(C(=O)Nc2ccccc2CC)c1F. The number of rotatable bonds is 5. The van der Waals surface area contributed by atoms with E-state index < -0.39 is 11.7 Å². The van der Waals surface area contributed by atoms with Crippen LogP contribution in [-0.4, -0.2) is 17.4 Å². The first-order chi connectivity index (χ1) is 10.2. The van der Waals surface area contributed by atoms with Crippen LogP contribution in [0.3, 0.4) is 0 Å². The Labute approximate surface area is 123 Å². The van der Waals surface area contributed by atoms with Crippen molar-refractivity contribution in [2.75, 3.05) is 17.2 Å². The molecule has 1 aromatic heterocycles. The number of halogens is 1. The van der Waals surface area contributed by atoms with Gasteiger partial charge >= 0.3 is 0 Å². The molecule has 0 aliphatic rings. The molecule has 0 saturated carbocycles. The van der Waals surface area contributed by atoms with E-state index in [1.165, 1.54) is 12.3 Å². The summed E-state index contributed by atoms with van der Waals surface area (Å²) in [6.45, 7) is 4.38. The maximum absolute atomic E-state index is 14.2. The lowest BCUT2D eigenvalue weighted by Gasteiger charge is -2.11. The smallest absolute Gasteiger partial charge is 0.258 e. The fourth-order valence-corrected chi connectivity index (χ4v) is 2.05. The molecular formula is C16H18FN3O. The summed E-state index contributed by atoms with van der Waals surface area (Å²) < 4.78 is 14.2. The molecule has 4 nitrogen and oxygen atoms in total. The Morgan fingerprint density at radius 1 is 1.24 bits per heavy atom. The number of pyridine rings is 1. The quantitative estimate of drug-likeness (QED) is 0.885. The lowest BCUT2D eigenvalue weighted by molar-refractivity contribution is 0.102. The van der Waals surface area contributed by atoms with E-state index in [0.717, 1.165) is 12.0 Å². The number of carbonyl (C=O) groups excluding carboxylic acids is 1. The van der Waals surface area contributed by atoms with Crippen molar-refractivity contribution in [1.82, 2.24) is 4.98 Å². The van der Waals surface area contributed by atoms with Crippen molar-refractivity contribution in [3.05, 3.63) is 53.5 Å². The number of hydrogen-bond donors (Lipinski definition) is 2. The molecule has 5 heteroatoms. The van der Waals surface area contributed by atoms with E-state index in [0.29, 0.717) is 12.2 Å². The molecule has 0 unspecified atom stereocenters. The van der Waals surface area contributed by atoms with Crippen LogP contribution in [0.4, 0.5) is 15.9 Å². The lowest BCUT2D eigenvalue weighted by Crippen LogP contribution is -2.16. The minimum atomic E-state index is -0.633. The summed E-state index contributed by atoms with van der Waals surface area (Å²) in [5, 5.41) is 5.54. The zero-order valence-corrected chi connectivity index (χ0v) is 12.1. The number of hydrogen-bond acceptors (Lipinski definition) is 3. The normalized spacial score (nSPS) is 10.2. The Kier molecular flexibility index (Phi) is 4.87. The number of anilines is 2. The van der Waals surface area contributed by atoms with Crippen LogP contribution < -0.4 is 10.6 Å². The first kappa shape index (κ1) is 15.0. The summed E-state index contributed by atoms with van der Waals surface area (Å²) in [5.74, 6) is -1.02. The number of nitrogens with one attached hydrogen (secondary N) is 2. The van der Waals surface area contributed by atoms with Crippen LogP contribution in [0.15, 0.2) is 36.5 Å². The van der Waals surface area contributed by atoms with Crippen LogP contribution in [0.2, 0.25) is 0 Å². The summed E-state index contributed by atoms with van der Waals surface area (Å²) in [5.41, 5.74) is 1.69. The third-order valence-electron chi connectivity index (χ3n) is 3.12. The topological polar surface area (TPSA) is 54.0 Å². The molecule has 1 amide bonds. The third kappa shape index (κ3) is 3.37. The Bertz CT molecular complexity index is 643. The minimum absolute atomic E-state index is 0.0214. The highest BCUT2D eigenvalue weighted by Crippen LogP contribution is 2.19. The van der Waals surface area contributed by atoms with E-state index in [1.807, 2.05) is 32.0 Å². The van der Waals surface area contributed by atoms with Crippen LogP contribution in [-0.2, 0) is 6.42 Å². The second kappa shape index (κ2) is 6.83. The third-order valence-corrected chi connectivity index (χ3v) is 3.12. The first-order valence-corrected chi connectivity index (χ1v) is 6.95. The maximum atomic E-state index is 14.2. The number of aryl methyl sites for hydroxylation is 1. The largest absolute Gasteiger partial charge is 0.368 e. The molecule has 0 bridgehead atoms. The molecule has 0 aliphatic carbocycles. The van der Waals surface area contributed by atoms with Crippen LogP contribution >= 0.6 is 0 Å². The van der Waals surface area contributed by atoms with E-state index in [1.54, 1.807) is 6.07 Å². The van der Waals surface area contributed by atoms with Crippen LogP contribution in [0.25, 0.3) is 0 Å². The van der Waals surface area contributed by atoms with Gasteiger partial charge < -0.3 is 10.6 Å². The van der Waals surface area contributed by atoms with Gasteiger partial charge in [0.25, 0.3) is 5.91 Å². The standard InChI is InChI=1S/C16H18FN3O/c1-3-11-7-5-6-8-13(11)20-16(21)12-9-10-19-15(14(12)17)18-4-2/h5-10H,3-4H2,1-2H3,(H,18,19)(H,20,21). The fourth-order valence-electron chi connectivity index (χ4n) is 2.05. The van der Waals surface area contributed by atoms with Crippen molar-refractivity contribution >= 4 is 17.4 Å². The van der Waals surface area contributed by atoms with Crippen molar-refractivity contribution in [3.8, 4) is 0 Å². The van der Waals surface area contributed by atoms with Gasteiger partial charge in [-0.2, -0.15) is 0 Å². The second-order valence-electron chi connectivity index (χ2n) is 4.52. The van der Waals surface area contributed by atoms with Gasteiger partial charge in [0, 0.05) is 18.4 Å². The summed E-state index contributed by atoms with van der Waals surface area (Å²) in [6.07, 6.45) is 2.21. The molecule has 2 aromatic rings. The van der Waals surface area contributed by atoms with Crippen molar-refractivity contribution in [3.63, 3.8) is 0 Å². The summed E-state index contributed by atoms with van der Waals surface area (Å²) in [4.78, 5) is 16.1. The zero-order chi connectivity index (χ0) is 15.2. The van der Waals surface area contributed by atoms with E-state index in [-0.39, 0.29) is 11.4 Å². The summed E-state index contributed by atoms with van der Waals surface area (Å²) >= 11 is 0. The maximum Gasteiger partial charge on any atom is 0.258 e. The highest BCUT2D eigenvalue weighted by atomic mass is 19.1. The Morgan fingerprint density at radius 3 is 2.71 bits per heavy atom. The number of benzene rings is 1. The minimum Gasteiger partial charge on any atom is -0.368 e. The first-order valence-electron chi connectivity index (χ1n) is 6.95. The van der Waals surface area contributed by atoms with Crippen molar-refractivity contribution in [2.45, 2.75) is 20.3 Å². The van der Waals surface area contributed by atoms with Gasteiger partial charge in [0.05, 0.1) is 5.56 Å². The number of amides is 1. The molecule has 0 aliphatic heterocycles. The monoisotopic (exact) mass is 287 g/mol. The Morgan fingerprint density at radius 2 is 2.00 bits per heavy atom. The fraction of sp³-hybridized carbons (Fsp3) is 0.250. The molecule has 2 rings (SSSR count). The molecule has 0 fully saturated rings. The molecule has 1 heterocycles. The highest BCUT2D eigenvalue weighted by Gasteiger charge is 2.16. The molecule has 21 heavy (non-hydrogen) atoms. The van der Waals surface area contributed by atoms with Crippen molar-refractivity contribution < 1.29 is 9.18 Å². The zero-order valence-electron chi connectivity index (χ0n) is 12.1. The Hall–Kier alpha value is -2.43. The van der Waals surface area contributed by atoms with E-state index >= 15 is 0 Å². The van der Waals surface area contributed by atoms with Gasteiger partial charge in [-0.1, -0.05) is 25.1 Å². The van der Waals surface area contributed by atoms with Gasteiger partial charge in [-0.3, -0.25) is 4.79 Å². The highest BCUT2D eigenvalue weighted by molar-refractivity contribution is 6.05. The van der Waals surface area contributed by atoms with Gasteiger partial charge in [0.2, 0.25) is 0 Å². The second-order valence-corrected chi connectivity index (χ2v) is 4.52. The molecular weight excluding hydrogens is 269 g/mol. The van der Waals surface area contributed by atoms with E-state index in [4.69, 9.17) is 0 Å². The molecule has 0 radical (unpaired) electrons. The number of nitrogens with zero attached hydrogens (tertiary/aromatic N) is 1. The predicted molar refractivity (Wildman–Crippen MR) is 82.1 cm³/mol. The number of carbonyl (C=O) groups is 1. The Balaban J connectivity index is 2.26. The predicted octanol–water partition coefficient (Wildman–Crippen LogP) is 3.47. The van der Waals surface area contributed by atoms with Gasteiger partial charge in [-0.05, 0) is 31.0 Å². The summed E-state index contributed by atoms with van der Waals surface area (Å²) in [7, 11) is 0. The van der Waals surface area contributed by atoms with Crippen LogP contribution in [0, 0.1) is 5.82 Å². The lowest BCUT2D eigenvalue weighted by atomic mass is 10.1. The molecule has 0 saturated heterocycles. The average molecular weight is 287 g/mol. The van der Waals surface area contributed by atoms with Crippen molar-refractivity contribution in [2.24, 2.45) is 0 Å². The van der Waals surface area contributed by atoms with Gasteiger partial charge in [0.1, 0.15) is 0 Å². The summed E-state index contributed by atoms with van der Waals surface area (Å²) in [6, 6.07) is 8.86. The van der Waals surface area contributed by atoms with Crippen LogP contribution in [0.1, 0.15) is 29.8 Å². The molecule has 0 spiro atoms. The average Bonchev–Trinajstić information content (AvgIpc) is 2.50. The number of aromatic nitrogens is 1. The van der Waals surface area contributed by atoms with Gasteiger partial charge in [-0.25, -0.2) is 9.37 Å². The molecule has 2 N–H and O–H groups in total. The van der Waals surface area contributed by atoms with Gasteiger partial charge in [-0.15, -0.1) is 0 Å². The van der Waals surface area contributed by atoms with Crippen molar-refractivity contribution in [1.29, 1.82) is 0 Å². The molecule has 1 aromatic carbocycles. The van der Waals surface area contributed by atoms with E-state index in [2.05, 4.69) is 15.6 Å².